The molecule has 0 radical (unpaired) electrons. The second-order valence-corrected chi connectivity index (χ2v) is 10.4. The van der Waals surface area contributed by atoms with E-state index in [-0.39, 0.29) is 48.7 Å². The predicted octanol–water partition coefficient (Wildman–Crippen LogP) is 6.77. The number of fused-ring (bicyclic) bond motifs is 2. The lowest BCUT2D eigenvalue weighted by Crippen LogP contribution is -2.54. The van der Waals surface area contributed by atoms with Gasteiger partial charge in [-0.3, -0.25) is 0 Å². The minimum atomic E-state index is -4.92. The van der Waals surface area contributed by atoms with Crippen LogP contribution >= 0.6 is 12.4 Å². The third-order valence-electron chi connectivity index (χ3n) is 7.89. The highest BCUT2D eigenvalue weighted by molar-refractivity contribution is 5.85. The van der Waals surface area contributed by atoms with E-state index in [1.165, 1.54) is 0 Å². The van der Waals surface area contributed by atoms with Gasteiger partial charge in [-0.2, -0.15) is 26.3 Å². The normalized spacial score (nSPS) is 25.1. The Hall–Kier alpha value is -1.89. The van der Waals surface area contributed by atoms with Crippen LogP contribution in [0.15, 0.2) is 48.5 Å². The van der Waals surface area contributed by atoms with Crippen molar-refractivity contribution in [1.29, 1.82) is 0 Å². The molecule has 12 heteroatoms. The largest absolute Gasteiger partial charge is 0.416 e. The molecule has 0 aromatic heterocycles. The second kappa shape index (κ2) is 14.1. The number of nitrogens with one attached hydrogen (secondary N) is 1. The summed E-state index contributed by atoms with van der Waals surface area (Å²) < 4.78 is 103. The summed E-state index contributed by atoms with van der Waals surface area (Å²) in [6.45, 7) is 1.13. The molecule has 2 aromatic rings. The highest BCUT2D eigenvalue weighted by atomic mass is 35.5. The molecular formula is C29H36ClF6NO4. The number of piperidine rings is 1. The summed E-state index contributed by atoms with van der Waals surface area (Å²) in [5.41, 5.74) is -2.62. The van der Waals surface area contributed by atoms with E-state index in [4.69, 9.17) is 18.9 Å². The lowest BCUT2D eigenvalue weighted by atomic mass is 9.79. The lowest BCUT2D eigenvalue weighted by molar-refractivity contribution is -0.143. The zero-order chi connectivity index (χ0) is 29.0. The Labute approximate surface area is 242 Å². The minimum Gasteiger partial charge on any atom is -0.385 e. The first-order valence-electron chi connectivity index (χ1n) is 13.3. The molecule has 2 aliphatic heterocycles. The van der Waals surface area contributed by atoms with Crippen molar-refractivity contribution in [1.82, 2.24) is 5.32 Å². The number of rotatable bonds is 12. The van der Waals surface area contributed by atoms with Crippen molar-refractivity contribution in [3.8, 4) is 0 Å². The maximum absolute atomic E-state index is 13.4. The molecule has 4 rings (SSSR count). The number of methoxy groups -OCH3 is 2. The topological polar surface area (TPSA) is 49.0 Å². The Kier molecular flexibility index (Phi) is 11.5. The van der Waals surface area contributed by atoms with Crippen molar-refractivity contribution in [2.75, 3.05) is 34.0 Å². The molecule has 0 aliphatic carbocycles. The highest BCUT2D eigenvalue weighted by Crippen LogP contribution is 2.49. The molecule has 0 saturated carbocycles. The van der Waals surface area contributed by atoms with E-state index >= 15 is 0 Å². The monoisotopic (exact) mass is 611 g/mol. The van der Waals surface area contributed by atoms with Crippen LogP contribution in [-0.2, 0) is 43.4 Å². The lowest BCUT2D eigenvalue weighted by Gasteiger charge is -2.42. The molecule has 230 valence electrons. The Balaban J connectivity index is 0.00000462. The van der Waals surface area contributed by atoms with Crippen LogP contribution in [0.3, 0.4) is 0 Å². The Morgan fingerprint density at radius 2 is 1.59 bits per heavy atom. The van der Waals surface area contributed by atoms with Gasteiger partial charge in [0, 0.05) is 39.4 Å². The number of benzene rings is 2. The first kappa shape index (κ1) is 33.6. The van der Waals surface area contributed by atoms with E-state index < -0.39 is 35.1 Å². The molecule has 5 atom stereocenters. The number of halogens is 7. The van der Waals surface area contributed by atoms with Gasteiger partial charge in [0.05, 0.1) is 42.1 Å². The summed E-state index contributed by atoms with van der Waals surface area (Å²) in [4.78, 5) is 0. The Morgan fingerprint density at radius 1 is 0.927 bits per heavy atom. The maximum atomic E-state index is 13.4. The molecule has 1 unspecified atom stereocenters. The van der Waals surface area contributed by atoms with Gasteiger partial charge in [-0.1, -0.05) is 30.3 Å². The van der Waals surface area contributed by atoms with Crippen LogP contribution in [-0.4, -0.2) is 52.3 Å². The maximum Gasteiger partial charge on any atom is 0.416 e. The summed E-state index contributed by atoms with van der Waals surface area (Å²) in [5, 5.41) is 3.71. The van der Waals surface area contributed by atoms with Crippen LogP contribution in [0.4, 0.5) is 26.3 Å². The van der Waals surface area contributed by atoms with Crippen LogP contribution in [0.1, 0.15) is 47.9 Å². The van der Waals surface area contributed by atoms with Crippen molar-refractivity contribution in [3.05, 3.63) is 70.8 Å². The van der Waals surface area contributed by atoms with Gasteiger partial charge in [0.25, 0.3) is 0 Å². The van der Waals surface area contributed by atoms with Crippen LogP contribution in [0.25, 0.3) is 0 Å². The highest BCUT2D eigenvalue weighted by Gasteiger charge is 2.56. The van der Waals surface area contributed by atoms with Gasteiger partial charge in [0.15, 0.2) is 0 Å². The van der Waals surface area contributed by atoms with Crippen LogP contribution in [0, 0.1) is 5.92 Å². The summed E-state index contributed by atoms with van der Waals surface area (Å²) in [7, 11) is 3.27. The van der Waals surface area contributed by atoms with E-state index in [1.807, 2.05) is 30.3 Å². The van der Waals surface area contributed by atoms with Gasteiger partial charge >= 0.3 is 12.4 Å². The molecule has 1 N–H and O–H groups in total. The molecule has 2 fully saturated rings. The molecule has 0 spiro atoms. The summed E-state index contributed by atoms with van der Waals surface area (Å²) in [6.07, 6.45) is -7.86. The second-order valence-electron chi connectivity index (χ2n) is 10.4. The van der Waals surface area contributed by atoms with Crippen molar-refractivity contribution in [3.63, 3.8) is 0 Å². The van der Waals surface area contributed by atoms with Gasteiger partial charge in [-0.15, -0.1) is 12.4 Å². The average molecular weight is 612 g/mol. The van der Waals surface area contributed by atoms with E-state index in [0.29, 0.717) is 39.1 Å². The molecule has 2 saturated heterocycles. The fourth-order valence-electron chi connectivity index (χ4n) is 6.01. The third-order valence-corrected chi connectivity index (χ3v) is 7.89. The third kappa shape index (κ3) is 7.94. The van der Waals surface area contributed by atoms with E-state index in [0.717, 1.165) is 24.1 Å². The van der Waals surface area contributed by atoms with Crippen LogP contribution in [0.2, 0.25) is 0 Å². The predicted molar refractivity (Wildman–Crippen MR) is 143 cm³/mol. The zero-order valence-corrected chi connectivity index (χ0v) is 23.7. The summed E-state index contributed by atoms with van der Waals surface area (Å²) >= 11 is 0. The number of ether oxygens (including phenoxy) is 4. The van der Waals surface area contributed by atoms with Gasteiger partial charge < -0.3 is 24.3 Å². The average Bonchev–Trinajstić information content (AvgIpc) is 3.23. The molecule has 0 amide bonds. The van der Waals surface area contributed by atoms with E-state index in [2.05, 4.69) is 5.32 Å². The molecule has 5 nitrogen and oxygen atoms in total. The molecule has 2 aromatic carbocycles. The fraction of sp³-hybridized carbons (Fsp3) is 0.586. The first-order valence-corrected chi connectivity index (χ1v) is 13.3. The van der Waals surface area contributed by atoms with E-state index in [9.17, 15) is 26.3 Å². The van der Waals surface area contributed by atoms with Crippen molar-refractivity contribution in [2.45, 2.75) is 68.4 Å². The number of alkyl halides is 6. The standard InChI is InChI=1S/C29H35F6NO4.ClH/c1-37-11-6-12-39-18-25(38-2)23-16-27(20-7-4-3-5-8-20)26(10-9-24(23)36-27)40-17-19-13-21(28(30,31)32)15-22(14-19)29(33,34)35;/h3-5,7-8,13-15,23-26,36H,6,9-12,16-18H2,1-2H3;1H/t23-,24+,25?,26-,27-;/m1./s1. The molecule has 2 bridgehead atoms. The van der Waals surface area contributed by atoms with Crippen LogP contribution in [0.5, 0.6) is 0 Å². The molecule has 41 heavy (non-hydrogen) atoms. The minimum absolute atomic E-state index is 0. The number of hydrogen-bond acceptors (Lipinski definition) is 5. The SMILES string of the molecule is COCCCOCC(OC)[C@@H]1C[C@]2(c3ccccc3)N[C@H]1CC[C@H]2OCc1cc(C(F)(F)F)cc(C(F)(F)F)c1.Cl. The van der Waals surface area contributed by atoms with Crippen molar-refractivity contribution >= 4 is 12.4 Å². The fourth-order valence-corrected chi connectivity index (χ4v) is 6.01. The molecular weight excluding hydrogens is 576 g/mol. The van der Waals surface area contributed by atoms with Crippen molar-refractivity contribution in [2.24, 2.45) is 5.92 Å². The Bertz CT molecular complexity index is 1070. The van der Waals surface area contributed by atoms with Gasteiger partial charge in [-0.25, -0.2) is 0 Å². The van der Waals surface area contributed by atoms with Crippen LogP contribution < -0.4 is 5.32 Å². The molecule has 2 heterocycles. The zero-order valence-electron chi connectivity index (χ0n) is 22.9. The van der Waals surface area contributed by atoms with Crippen molar-refractivity contribution < 1.29 is 45.3 Å². The summed E-state index contributed by atoms with van der Waals surface area (Å²) in [6, 6.07) is 11.3. The quantitative estimate of drug-likeness (QED) is 0.212. The van der Waals surface area contributed by atoms with E-state index in [1.54, 1.807) is 14.2 Å². The smallest absolute Gasteiger partial charge is 0.385 e. The van der Waals surface area contributed by atoms with Gasteiger partial charge in [-0.05, 0) is 55.0 Å². The van der Waals surface area contributed by atoms with Gasteiger partial charge in [0.2, 0.25) is 0 Å². The molecule has 2 aliphatic rings. The first-order chi connectivity index (χ1) is 19.0. The Morgan fingerprint density at radius 3 is 2.17 bits per heavy atom. The summed E-state index contributed by atoms with van der Waals surface area (Å²) in [5.74, 6) is 0.0617. The van der Waals surface area contributed by atoms with Gasteiger partial charge in [0.1, 0.15) is 0 Å². The number of hydrogen-bond donors (Lipinski definition) is 1.